The molecule has 0 fully saturated rings. The van der Waals surface area contributed by atoms with E-state index in [1.54, 1.807) is 25.0 Å². The highest BCUT2D eigenvalue weighted by molar-refractivity contribution is 4.93. The molecule has 0 N–H and O–H groups in total. The molecule has 0 unspecified atom stereocenters. The van der Waals surface area contributed by atoms with Gasteiger partial charge in [-0.3, -0.25) is 4.68 Å². The molecule has 5 aromatic rings. The van der Waals surface area contributed by atoms with Crippen LogP contribution in [0.4, 0.5) is 0 Å². The Morgan fingerprint density at radius 2 is 1.17 bits per heavy atom. The van der Waals surface area contributed by atoms with Gasteiger partial charge in [0, 0.05) is 73.6 Å². The molecule has 42 heavy (non-hydrogen) atoms. The number of aromatic nitrogens is 11. The Hall–Kier alpha value is -4.02. The van der Waals surface area contributed by atoms with E-state index in [0.29, 0.717) is 30.2 Å². The molecular formula is C31H53N11. The number of hydrogen-bond donors (Lipinski definition) is 0. The minimum atomic E-state index is 0.477. The lowest BCUT2D eigenvalue weighted by molar-refractivity contribution is 0.532. The van der Waals surface area contributed by atoms with Gasteiger partial charge in [0.05, 0.1) is 18.3 Å². The van der Waals surface area contributed by atoms with Crippen LogP contribution >= 0.6 is 0 Å². The Morgan fingerprint density at radius 3 is 1.40 bits per heavy atom. The van der Waals surface area contributed by atoms with Gasteiger partial charge in [-0.1, -0.05) is 0 Å². The van der Waals surface area contributed by atoms with Crippen LogP contribution in [-0.2, 0) is 0 Å². The molecule has 0 aliphatic carbocycles. The number of hydrogen-bond acceptors (Lipinski definition) is 6. The lowest BCUT2D eigenvalue weighted by Gasteiger charge is -2.07. The third-order valence-electron chi connectivity index (χ3n) is 5.95. The highest BCUT2D eigenvalue weighted by Crippen LogP contribution is 2.06. The quantitative estimate of drug-likeness (QED) is 0.216. The molecule has 11 nitrogen and oxygen atoms in total. The highest BCUT2D eigenvalue weighted by atomic mass is 15.3. The monoisotopic (exact) mass is 579 g/mol. The Kier molecular flexibility index (Phi) is 16.4. The molecular weight excluding hydrogens is 526 g/mol. The van der Waals surface area contributed by atoms with Gasteiger partial charge in [0.1, 0.15) is 18.5 Å². The Balaban J connectivity index is 0.000000263. The molecule has 0 aromatic carbocycles. The van der Waals surface area contributed by atoms with Gasteiger partial charge in [-0.05, 0) is 89.2 Å². The number of rotatable bonds is 5. The summed E-state index contributed by atoms with van der Waals surface area (Å²) in [7, 11) is 0. The highest BCUT2D eigenvalue weighted by Gasteiger charge is 1.98. The van der Waals surface area contributed by atoms with Crippen molar-refractivity contribution >= 4 is 0 Å². The zero-order valence-electron chi connectivity index (χ0n) is 27.7. The van der Waals surface area contributed by atoms with E-state index >= 15 is 0 Å². The fraction of sp³-hybridized carbons (Fsp3) is 0.548. The van der Waals surface area contributed by atoms with E-state index in [1.807, 2.05) is 72.8 Å². The molecule has 0 spiro atoms. The molecule has 0 amide bonds. The maximum Gasteiger partial charge on any atom is 0.119 e. The van der Waals surface area contributed by atoms with Gasteiger partial charge in [0.2, 0.25) is 0 Å². The molecule has 11 heteroatoms. The molecule has 5 rings (SSSR count). The van der Waals surface area contributed by atoms with Crippen molar-refractivity contribution in [3.63, 3.8) is 0 Å². The average molecular weight is 580 g/mol. The van der Waals surface area contributed by atoms with Crippen molar-refractivity contribution < 1.29 is 0 Å². The van der Waals surface area contributed by atoms with E-state index < -0.39 is 0 Å². The first-order chi connectivity index (χ1) is 19.8. The fourth-order valence-electron chi connectivity index (χ4n) is 3.29. The van der Waals surface area contributed by atoms with Crippen LogP contribution in [-0.4, -0.2) is 53.2 Å². The van der Waals surface area contributed by atoms with Crippen LogP contribution < -0.4 is 0 Å². The van der Waals surface area contributed by atoms with E-state index in [0.717, 1.165) is 11.5 Å². The Morgan fingerprint density at radius 1 is 0.548 bits per heavy atom. The van der Waals surface area contributed by atoms with E-state index in [1.165, 1.54) is 0 Å². The first kappa shape index (κ1) is 36.0. The normalized spacial score (nSPS) is 10.5. The van der Waals surface area contributed by atoms with Crippen molar-refractivity contribution in [3.8, 4) is 0 Å². The minimum absolute atomic E-state index is 0.477. The summed E-state index contributed by atoms with van der Waals surface area (Å²) in [5.74, 6) is 1.09. The molecule has 0 bridgehead atoms. The van der Waals surface area contributed by atoms with Gasteiger partial charge >= 0.3 is 0 Å². The van der Waals surface area contributed by atoms with Gasteiger partial charge < -0.3 is 18.3 Å². The van der Waals surface area contributed by atoms with Crippen LogP contribution in [0.5, 0.6) is 0 Å². The molecule has 0 aliphatic rings. The van der Waals surface area contributed by atoms with E-state index in [4.69, 9.17) is 0 Å². The number of imidazole rings is 3. The summed E-state index contributed by atoms with van der Waals surface area (Å²) in [5, 5.41) is 11.3. The van der Waals surface area contributed by atoms with E-state index in [2.05, 4.69) is 113 Å². The van der Waals surface area contributed by atoms with Crippen LogP contribution in [0.25, 0.3) is 0 Å². The molecule has 0 saturated heterocycles. The first-order valence-electron chi connectivity index (χ1n) is 14.6. The maximum absolute atomic E-state index is 4.10. The summed E-state index contributed by atoms with van der Waals surface area (Å²) in [5.41, 5.74) is 1.09. The van der Waals surface area contributed by atoms with Crippen molar-refractivity contribution in [3.05, 3.63) is 86.3 Å². The summed E-state index contributed by atoms with van der Waals surface area (Å²) < 4.78 is 10.1. The number of nitrogens with zero attached hydrogens (tertiary/aromatic N) is 11. The molecule has 232 valence electrons. The maximum atomic E-state index is 4.10. The standard InChI is InChI=1S/2C7H12N2.2C6H10N2.C5H9N3/c1-6(2)9-4-7(3)8-5-9;1-6(2)9-5-4-8-7(9)3;1-6(2)8-4-3-7-5-8;1-6(2)8-5-3-4-7-8;1-5(2)8-3-6-7-4-8/h2*4-6H,1-3H3;2*3-6H,1-2H3;3-5H,1-2H3. The summed E-state index contributed by atoms with van der Waals surface area (Å²) >= 11 is 0. The second-order valence-electron chi connectivity index (χ2n) is 11.2. The van der Waals surface area contributed by atoms with Crippen molar-refractivity contribution in [1.82, 2.24) is 53.2 Å². The van der Waals surface area contributed by atoms with Crippen molar-refractivity contribution in [2.45, 2.75) is 113 Å². The van der Waals surface area contributed by atoms with Crippen molar-refractivity contribution in [2.24, 2.45) is 0 Å². The third kappa shape index (κ3) is 14.0. The van der Waals surface area contributed by atoms with Crippen LogP contribution in [0.15, 0.2) is 74.8 Å². The second-order valence-corrected chi connectivity index (χ2v) is 11.2. The van der Waals surface area contributed by atoms with Gasteiger partial charge in [-0.2, -0.15) is 5.10 Å². The SMILES string of the molecule is CC(C)n1cccn1.CC(C)n1ccnc1.CC(C)n1cnnc1.Cc1cn(C(C)C)cn1.Cc1nccn1C(C)C. The summed E-state index contributed by atoms with van der Waals surface area (Å²) in [6, 6.07) is 4.51. The minimum Gasteiger partial charge on any atom is -0.335 e. The molecule has 0 atom stereocenters. The summed E-state index contributed by atoms with van der Waals surface area (Å²) in [6.07, 6.45) is 20.5. The predicted molar refractivity (Wildman–Crippen MR) is 170 cm³/mol. The summed E-state index contributed by atoms with van der Waals surface area (Å²) in [4.78, 5) is 12.1. The van der Waals surface area contributed by atoms with Crippen LogP contribution in [0.2, 0.25) is 0 Å². The Bertz CT molecular complexity index is 1180. The lowest BCUT2D eigenvalue weighted by Crippen LogP contribution is -2.00. The molecule has 0 saturated carbocycles. The zero-order valence-corrected chi connectivity index (χ0v) is 27.7. The van der Waals surface area contributed by atoms with Crippen LogP contribution in [0, 0.1) is 13.8 Å². The first-order valence-corrected chi connectivity index (χ1v) is 14.6. The zero-order chi connectivity index (χ0) is 31.7. The fourth-order valence-corrected chi connectivity index (χ4v) is 3.29. The van der Waals surface area contributed by atoms with Crippen LogP contribution in [0.3, 0.4) is 0 Å². The molecule has 5 heterocycles. The van der Waals surface area contributed by atoms with Gasteiger partial charge in [0.25, 0.3) is 0 Å². The van der Waals surface area contributed by atoms with Gasteiger partial charge in [0.15, 0.2) is 0 Å². The number of aryl methyl sites for hydroxylation is 2. The molecule has 5 aromatic heterocycles. The average Bonchev–Trinajstić information content (AvgIpc) is 3.76. The smallest absolute Gasteiger partial charge is 0.119 e. The summed E-state index contributed by atoms with van der Waals surface area (Å²) in [6.45, 7) is 25.2. The third-order valence-corrected chi connectivity index (χ3v) is 5.95. The lowest BCUT2D eigenvalue weighted by atomic mass is 10.4. The van der Waals surface area contributed by atoms with Crippen LogP contribution in [0.1, 0.15) is 111 Å². The van der Waals surface area contributed by atoms with Crippen molar-refractivity contribution in [2.75, 3.05) is 0 Å². The van der Waals surface area contributed by atoms with Crippen molar-refractivity contribution in [1.29, 1.82) is 0 Å². The predicted octanol–water partition coefficient (Wildman–Crippen LogP) is 7.33. The topological polar surface area (TPSA) is 102 Å². The van der Waals surface area contributed by atoms with E-state index in [-0.39, 0.29) is 0 Å². The largest absolute Gasteiger partial charge is 0.335 e. The van der Waals surface area contributed by atoms with Gasteiger partial charge in [-0.15, -0.1) is 10.2 Å². The molecule has 0 radical (unpaired) electrons. The van der Waals surface area contributed by atoms with Gasteiger partial charge in [-0.25, -0.2) is 15.0 Å². The Labute approximate surface area is 252 Å². The van der Waals surface area contributed by atoms with E-state index in [9.17, 15) is 0 Å². The second kappa shape index (κ2) is 19.2. The molecule has 0 aliphatic heterocycles.